The monoisotopic (exact) mass is 339 g/mol. The minimum atomic E-state index is 0.331. The first-order valence-corrected chi connectivity index (χ1v) is 9.34. The molecule has 4 rings (SSSR count). The number of aromatic amines is 1. The number of benzene rings is 1. The molecule has 5 heteroatoms. The normalized spacial score (nSPS) is 15.7. The predicted octanol–water partition coefficient (Wildman–Crippen LogP) is 5.13. The Morgan fingerprint density at radius 1 is 1.12 bits per heavy atom. The highest BCUT2D eigenvalue weighted by molar-refractivity contribution is 7.99. The molecule has 3 aromatic rings. The number of ether oxygens (including phenoxy) is 1. The molecule has 0 radical (unpaired) electrons. The SMILES string of the molecule is Cc1nc2cc(Sc3ccncc3)c(OC3CCCCC3)cc2[nH]1. The second-order valence-electron chi connectivity index (χ2n) is 6.30. The lowest BCUT2D eigenvalue weighted by Gasteiger charge is -2.24. The summed E-state index contributed by atoms with van der Waals surface area (Å²) in [5.74, 6) is 1.89. The van der Waals surface area contributed by atoms with Crippen molar-refractivity contribution in [3.8, 4) is 5.75 Å². The molecule has 0 atom stereocenters. The van der Waals surface area contributed by atoms with E-state index in [1.54, 1.807) is 11.8 Å². The minimum Gasteiger partial charge on any atom is -0.489 e. The lowest BCUT2D eigenvalue weighted by Crippen LogP contribution is -2.19. The van der Waals surface area contributed by atoms with Crippen LogP contribution >= 0.6 is 11.8 Å². The number of aryl methyl sites for hydroxylation is 1. The lowest BCUT2D eigenvalue weighted by molar-refractivity contribution is 0.151. The van der Waals surface area contributed by atoms with Gasteiger partial charge in [0, 0.05) is 23.4 Å². The van der Waals surface area contributed by atoms with Crippen LogP contribution < -0.4 is 4.74 Å². The van der Waals surface area contributed by atoms with Gasteiger partial charge in [-0.15, -0.1) is 0 Å². The van der Waals surface area contributed by atoms with Gasteiger partial charge in [0.15, 0.2) is 0 Å². The summed E-state index contributed by atoms with van der Waals surface area (Å²) in [6.45, 7) is 1.98. The van der Waals surface area contributed by atoms with Crippen molar-refractivity contribution in [2.45, 2.75) is 54.9 Å². The molecule has 0 unspecified atom stereocenters. The van der Waals surface area contributed by atoms with Gasteiger partial charge in [0.2, 0.25) is 0 Å². The number of H-pyrrole nitrogens is 1. The van der Waals surface area contributed by atoms with Crippen LogP contribution in [0.25, 0.3) is 11.0 Å². The van der Waals surface area contributed by atoms with Crippen molar-refractivity contribution < 1.29 is 4.74 Å². The van der Waals surface area contributed by atoms with Crippen LogP contribution in [0.15, 0.2) is 46.5 Å². The number of rotatable bonds is 4. The summed E-state index contributed by atoms with van der Waals surface area (Å²) in [5.41, 5.74) is 2.03. The van der Waals surface area contributed by atoms with E-state index >= 15 is 0 Å². The minimum absolute atomic E-state index is 0.331. The van der Waals surface area contributed by atoms with Gasteiger partial charge in [-0.1, -0.05) is 18.2 Å². The molecule has 1 aliphatic rings. The third kappa shape index (κ3) is 3.41. The Labute approximate surface area is 146 Å². The highest BCUT2D eigenvalue weighted by atomic mass is 32.2. The Bertz CT molecular complexity index is 825. The van der Waals surface area contributed by atoms with E-state index in [-0.39, 0.29) is 0 Å². The summed E-state index contributed by atoms with van der Waals surface area (Å²) in [6.07, 6.45) is 10.1. The van der Waals surface area contributed by atoms with Crippen LogP contribution in [0.1, 0.15) is 37.9 Å². The van der Waals surface area contributed by atoms with Crippen molar-refractivity contribution in [3.63, 3.8) is 0 Å². The topological polar surface area (TPSA) is 50.8 Å². The number of aromatic nitrogens is 3. The van der Waals surface area contributed by atoms with Crippen molar-refractivity contribution >= 4 is 22.8 Å². The Kier molecular flexibility index (Phi) is 4.43. The summed E-state index contributed by atoms with van der Waals surface area (Å²) in [5, 5.41) is 0. The zero-order chi connectivity index (χ0) is 16.4. The van der Waals surface area contributed by atoms with Crippen molar-refractivity contribution in [1.29, 1.82) is 0 Å². The third-order valence-corrected chi connectivity index (χ3v) is 5.44. The van der Waals surface area contributed by atoms with Gasteiger partial charge in [-0.2, -0.15) is 0 Å². The smallest absolute Gasteiger partial charge is 0.135 e. The summed E-state index contributed by atoms with van der Waals surface area (Å²) in [6, 6.07) is 8.28. The van der Waals surface area contributed by atoms with E-state index < -0.39 is 0 Å². The van der Waals surface area contributed by atoms with E-state index in [0.29, 0.717) is 6.10 Å². The molecule has 0 spiro atoms. The van der Waals surface area contributed by atoms with Gasteiger partial charge < -0.3 is 9.72 Å². The molecule has 0 saturated heterocycles. The number of fused-ring (bicyclic) bond motifs is 1. The van der Waals surface area contributed by atoms with Gasteiger partial charge in [-0.05, 0) is 50.8 Å². The number of pyridine rings is 1. The predicted molar refractivity (Wildman–Crippen MR) is 96.7 cm³/mol. The largest absolute Gasteiger partial charge is 0.489 e. The van der Waals surface area contributed by atoms with Crippen molar-refractivity contribution in [2.75, 3.05) is 0 Å². The maximum atomic E-state index is 6.39. The first-order chi connectivity index (χ1) is 11.8. The molecule has 124 valence electrons. The van der Waals surface area contributed by atoms with Crippen LogP contribution in [0, 0.1) is 6.92 Å². The molecule has 1 N–H and O–H groups in total. The molecule has 1 aromatic carbocycles. The number of hydrogen-bond donors (Lipinski definition) is 1. The van der Waals surface area contributed by atoms with Crippen molar-refractivity contribution in [3.05, 3.63) is 42.5 Å². The second kappa shape index (κ2) is 6.85. The molecule has 0 bridgehead atoms. The van der Waals surface area contributed by atoms with Gasteiger partial charge in [-0.25, -0.2) is 4.98 Å². The third-order valence-electron chi connectivity index (χ3n) is 4.39. The fraction of sp³-hybridized carbons (Fsp3) is 0.368. The van der Waals surface area contributed by atoms with Crippen LogP contribution in [-0.4, -0.2) is 21.1 Å². The second-order valence-corrected chi connectivity index (χ2v) is 7.42. The van der Waals surface area contributed by atoms with Gasteiger partial charge in [0.05, 0.1) is 22.0 Å². The summed E-state index contributed by atoms with van der Waals surface area (Å²) < 4.78 is 6.39. The average molecular weight is 339 g/mol. The van der Waals surface area contributed by atoms with E-state index in [9.17, 15) is 0 Å². The molecule has 0 aliphatic heterocycles. The van der Waals surface area contributed by atoms with Crippen LogP contribution in [-0.2, 0) is 0 Å². The zero-order valence-electron chi connectivity index (χ0n) is 13.8. The van der Waals surface area contributed by atoms with E-state index in [1.807, 2.05) is 31.5 Å². The molecular weight excluding hydrogens is 318 g/mol. The van der Waals surface area contributed by atoms with Crippen LogP contribution in [0.2, 0.25) is 0 Å². The Balaban J connectivity index is 1.69. The molecule has 1 saturated carbocycles. The maximum Gasteiger partial charge on any atom is 0.135 e. The van der Waals surface area contributed by atoms with E-state index in [2.05, 4.69) is 27.1 Å². The van der Waals surface area contributed by atoms with Crippen LogP contribution in [0.3, 0.4) is 0 Å². The van der Waals surface area contributed by atoms with Crippen molar-refractivity contribution in [1.82, 2.24) is 15.0 Å². The number of hydrogen-bond acceptors (Lipinski definition) is 4. The first-order valence-electron chi connectivity index (χ1n) is 8.53. The molecule has 2 heterocycles. The lowest BCUT2D eigenvalue weighted by atomic mass is 9.98. The average Bonchev–Trinajstić information content (AvgIpc) is 2.96. The molecule has 2 aromatic heterocycles. The Morgan fingerprint density at radius 2 is 1.92 bits per heavy atom. The fourth-order valence-corrected chi connectivity index (χ4v) is 4.10. The van der Waals surface area contributed by atoms with Crippen LogP contribution in [0.4, 0.5) is 0 Å². The van der Waals surface area contributed by atoms with Gasteiger partial charge in [0.25, 0.3) is 0 Å². The number of nitrogens with one attached hydrogen (secondary N) is 1. The highest BCUT2D eigenvalue weighted by Gasteiger charge is 2.18. The number of nitrogens with zero attached hydrogens (tertiary/aromatic N) is 2. The summed E-state index contributed by atoms with van der Waals surface area (Å²) >= 11 is 1.71. The molecule has 1 aliphatic carbocycles. The molecule has 4 nitrogen and oxygen atoms in total. The summed E-state index contributed by atoms with van der Waals surface area (Å²) in [7, 11) is 0. The van der Waals surface area contributed by atoms with Gasteiger partial charge in [0.1, 0.15) is 11.6 Å². The number of imidazole rings is 1. The quantitative estimate of drug-likeness (QED) is 0.716. The maximum absolute atomic E-state index is 6.39. The first kappa shape index (κ1) is 15.5. The standard InChI is InChI=1S/C19H21N3OS/c1-13-21-16-11-18(23-14-5-3-2-4-6-14)19(12-17(16)22-13)24-15-7-9-20-10-8-15/h7-12,14H,2-6H2,1H3,(H,21,22). The van der Waals surface area contributed by atoms with Gasteiger partial charge >= 0.3 is 0 Å². The molecule has 1 fully saturated rings. The molecule has 24 heavy (non-hydrogen) atoms. The summed E-state index contributed by atoms with van der Waals surface area (Å²) in [4.78, 5) is 14.3. The molecular formula is C19H21N3OS. The highest BCUT2D eigenvalue weighted by Crippen LogP contribution is 2.38. The van der Waals surface area contributed by atoms with Gasteiger partial charge in [-0.3, -0.25) is 4.98 Å². The zero-order valence-corrected chi connectivity index (χ0v) is 14.6. The Hall–Kier alpha value is -2.01. The van der Waals surface area contributed by atoms with E-state index in [1.165, 1.54) is 19.3 Å². The molecule has 0 amide bonds. The van der Waals surface area contributed by atoms with Crippen LogP contribution in [0.5, 0.6) is 5.75 Å². The van der Waals surface area contributed by atoms with E-state index in [0.717, 1.165) is 45.2 Å². The van der Waals surface area contributed by atoms with Crippen molar-refractivity contribution in [2.24, 2.45) is 0 Å². The Morgan fingerprint density at radius 3 is 2.71 bits per heavy atom. The van der Waals surface area contributed by atoms with E-state index in [4.69, 9.17) is 4.74 Å². The fourth-order valence-electron chi connectivity index (χ4n) is 3.21.